The fourth-order valence-corrected chi connectivity index (χ4v) is 4.62. The Bertz CT molecular complexity index is 1010. The Labute approximate surface area is 209 Å². The lowest BCUT2D eigenvalue weighted by Crippen LogP contribution is -2.50. The number of hydrogen-bond donors (Lipinski definition) is 1. The average Bonchev–Trinajstić information content (AvgIpc) is 2.90. The molecule has 7 heteroatoms. The number of carbonyl (C=O) groups excluding carboxylic acids is 3. The van der Waals surface area contributed by atoms with Crippen molar-refractivity contribution in [2.45, 2.75) is 46.5 Å². The van der Waals surface area contributed by atoms with Gasteiger partial charge in [-0.3, -0.25) is 14.4 Å². The van der Waals surface area contributed by atoms with E-state index in [1.165, 1.54) is 0 Å². The molecule has 1 saturated heterocycles. The third-order valence-corrected chi connectivity index (χ3v) is 6.72. The molecule has 1 aliphatic heterocycles. The van der Waals surface area contributed by atoms with Crippen LogP contribution in [0.3, 0.4) is 0 Å². The summed E-state index contributed by atoms with van der Waals surface area (Å²) in [7, 11) is 0. The van der Waals surface area contributed by atoms with E-state index in [1.807, 2.05) is 61.2 Å². The Morgan fingerprint density at radius 2 is 1.57 bits per heavy atom. The first-order chi connectivity index (χ1) is 16.9. The highest BCUT2D eigenvalue weighted by Crippen LogP contribution is 2.28. The van der Waals surface area contributed by atoms with E-state index in [2.05, 4.69) is 17.1 Å². The zero-order valence-electron chi connectivity index (χ0n) is 21.4. The van der Waals surface area contributed by atoms with Crippen LogP contribution in [0.2, 0.25) is 0 Å². The third-order valence-electron chi connectivity index (χ3n) is 6.72. The number of benzene rings is 2. The van der Waals surface area contributed by atoms with Crippen LogP contribution in [0.15, 0.2) is 48.5 Å². The van der Waals surface area contributed by atoms with Crippen molar-refractivity contribution in [3.05, 3.63) is 59.7 Å². The van der Waals surface area contributed by atoms with Crippen molar-refractivity contribution in [3.8, 4) is 0 Å². The molecule has 188 valence electrons. The molecule has 1 unspecified atom stereocenters. The van der Waals surface area contributed by atoms with Crippen molar-refractivity contribution in [2.24, 2.45) is 0 Å². The van der Waals surface area contributed by atoms with Gasteiger partial charge in [0.2, 0.25) is 11.8 Å². The minimum absolute atomic E-state index is 0.0498. The largest absolute Gasteiger partial charge is 0.367 e. The van der Waals surface area contributed by atoms with Gasteiger partial charge in [-0.1, -0.05) is 44.2 Å². The summed E-state index contributed by atoms with van der Waals surface area (Å²) in [4.78, 5) is 44.5. The zero-order chi connectivity index (χ0) is 25.4. The lowest BCUT2D eigenvalue weighted by atomic mass is 9.94. The van der Waals surface area contributed by atoms with Crippen molar-refractivity contribution < 1.29 is 14.4 Å². The minimum atomic E-state index is -0.135. The molecule has 0 spiro atoms. The van der Waals surface area contributed by atoms with E-state index in [9.17, 15) is 14.4 Å². The summed E-state index contributed by atoms with van der Waals surface area (Å²) in [5, 5.41) is 2.87. The van der Waals surface area contributed by atoms with Gasteiger partial charge in [-0.2, -0.15) is 0 Å². The topological polar surface area (TPSA) is 73.0 Å². The van der Waals surface area contributed by atoms with E-state index in [0.29, 0.717) is 56.9 Å². The Kier molecular flexibility index (Phi) is 9.29. The summed E-state index contributed by atoms with van der Waals surface area (Å²) >= 11 is 0. The second-order valence-corrected chi connectivity index (χ2v) is 8.79. The fourth-order valence-electron chi connectivity index (χ4n) is 4.62. The molecule has 2 aromatic rings. The monoisotopic (exact) mass is 478 g/mol. The first kappa shape index (κ1) is 26.3. The van der Waals surface area contributed by atoms with Gasteiger partial charge in [-0.05, 0) is 44.0 Å². The number of carbonyl (C=O) groups is 3. The molecular formula is C28H38N4O3. The SMILES string of the molecule is CCC(=O)Nc1ccc(N2CCN(C(=O)C(CC)c3ccccc3)CC2)c(C(=O)N(CC)CC)c1. The van der Waals surface area contributed by atoms with Gasteiger partial charge in [0.1, 0.15) is 0 Å². The summed E-state index contributed by atoms with van der Waals surface area (Å²) in [5.41, 5.74) is 3.11. The molecular weight excluding hydrogens is 440 g/mol. The molecule has 0 aliphatic carbocycles. The number of rotatable bonds is 9. The van der Waals surface area contributed by atoms with Crippen LogP contribution in [0, 0.1) is 0 Å². The highest BCUT2D eigenvalue weighted by molar-refractivity contribution is 6.02. The van der Waals surface area contributed by atoms with Gasteiger partial charge in [0.15, 0.2) is 0 Å². The first-order valence-electron chi connectivity index (χ1n) is 12.7. The Morgan fingerprint density at radius 1 is 0.914 bits per heavy atom. The normalized spacial score (nSPS) is 14.4. The Balaban J connectivity index is 1.79. The standard InChI is InChI=1S/C28H38N4O3/c1-5-23(21-12-10-9-11-13-21)27(34)32-18-16-31(17-19-32)25-15-14-22(29-26(33)6-2)20-24(25)28(35)30(7-3)8-4/h9-15,20,23H,5-8,16-19H2,1-4H3,(H,29,33). The summed E-state index contributed by atoms with van der Waals surface area (Å²) in [6.07, 6.45) is 1.13. The molecule has 7 nitrogen and oxygen atoms in total. The molecule has 1 N–H and O–H groups in total. The Morgan fingerprint density at radius 3 is 2.14 bits per heavy atom. The van der Waals surface area contributed by atoms with E-state index in [1.54, 1.807) is 17.9 Å². The van der Waals surface area contributed by atoms with Crippen LogP contribution < -0.4 is 10.2 Å². The Hall–Kier alpha value is -3.35. The molecule has 0 aromatic heterocycles. The van der Waals surface area contributed by atoms with Gasteiger partial charge in [0.25, 0.3) is 5.91 Å². The number of nitrogens with zero attached hydrogens (tertiary/aromatic N) is 3. The van der Waals surface area contributed by atoms with Crippen molar-refractivity contribution in [2.75, 3.05) is 49.5 Å². The maximum Gasteiger partial charge on any atom is 0.256 e. The van der Waals surface area contributed by atoms with Crippen LogP contribution in [-0.2, 0) is 9.59 Å². The number of piperazine rings is 1. The van der Waals surface area contributed by atoms with Gasteiger partial charge in [-0.25, -0.2) is 0 Å². The highest BCUT2D eigenvalue weighted by atomic mass is 16.2. The molecule has 0 saturated carbocycles. The average molecular weight is 479 g/mol. The molecule has 1 heterocycles. The molecule has 0 radical (unpaired) electrons. The van der Waals surface area contributed by atoms with Gasteiger partial charge in [0.05, 0.1) is 11.5 Å². The second kappa shape index (κ2) is 12.4. The predicted molar refractivity (Wildman–Crippen MR) is 141 cm³/mol. The van der Waals surface area contributed by atoms with Crippen LogP contribution in [0.5, 0.6) is 0 Å². The van der Waals surface area contributed by atoms with E-state index in [-0.39, 0.29) is 23.6 Å². The first-order valence-corrected chi connectivity index (χ1v) is 12.7. The van der Waals surface area contributed by atoms with Gasteiger partial charge in [0, 0.05) is 57.1 Å². The molecule has 35 heavy (non-hydrogen) atoms. The fraction of sp³-hybridized carbons (Fsp3) is 0.464. The van der Waals surface area contributed by atoms with Gasteiger partial charge < -0.3 is 20.0 Å². The number of hydrogen-bond acceptors (Lipinski definition) is 4. The smallest absolute Gasteiger partial charge is 0.256 e. The summed E-state index contributed by atoms with van der Waals surface area (Å²) < 4.78 is 0. The summed E-state index contributed by atoms with van der Waals surface area (Å²) in [6, 6.07) is 15.5. The molecule has 2 aromatic carbocycles. The lowest BCUT2D eigenvalue weighted by Gasteiger charge is -2.38. The van der Waals surface area contributed by atoms with E-state index in [4.69, 9.17) is 0 Å². The van der Waals surface area contributed by atoms with E-state index >= 15 is 0 Å². The van der Waals surface area contributed by atoms with Gasteiger partial charge >= 0.3 is 0 Å². The van der Waals surface area contributed by atoms with Crippen molar-refractivity contribution in [1.29, 1.82) is 0 Å². The van der Waals surface area contributed by atoms with Crippen molar-refractivity contribution >= 4 is 29.1 Å². The molecule has 1 aliphatic rings. The molecule has 0 bridgehead atoms. The maximum absolute atomic E-state index is 13.4. The van der Waals surface area contributed by atoms with Crippen LogP contribution in [0.25, 0.3) is 0 Å². The molecule has 1 atom stereocenters. The molecule has 3 rings (SSSR count). The van der Waals surface area contributed by atoms with Crippen LogP contribution in [0.1, 0.15) is 62.4 Å². The number of anilines is 2. The third kappa shape index (κ3) is 6.21. The molecule has 1 fully saturated rings. The minimum Gasteiger partial charge on any atom is -0.367 e. The van der Waals surface area contributed by atoms with Crippen molar-refractivity contribution in [3.63, 3.8) is 0 Å². The second-order valence-electron chi connectivity index (χ2n) is 8.79. The highest BCUT2D eigenvalue weighted by Gasteiger charge is 2.29. The molecule has 3 amide bonds. The van der Waals surface area contributed by atoms with E-state index in [0.717, 1.165) is 17.7 Å². The number of nitrogens with one attached hydrogen (secondary N) is 1. The van der Waals surface area contributed by atoms with Gasteiger partial charge in [-0.15, -0.1) is 0 Å². The van der Waals surface area contributed by atoms with Crippen molar-refractivity contribution in [1.82, 2.24) is 9.80 Å². The van der Waals surface area contributed by atoms with Crippen LogP contribution >= 0.6 is 0 Å². The van der Waals surface area contributed by atoms with E-state index < -0.39 is 0 Å². The lowest BCUT2D eigenvalue weighted by molar-refractivity contribution is -0.133. The summed E-state index contributed by atoms with van der Waals surface area (Å²) in [6.45, 7) is 11.5. The van der Waals surface area contributed by atoms with Crippen LogP contribution in [-0.4, -0.2) is 66.8 Å². The maximum atomic E-state index is 13.4. The van der Waals surface area contributed by atoms with Crippen LogP contribution in [0.4, 0.5) is 11.4 Å². The predicted octanol–water partition coefficient (Wildman–Crippen LogP) is 4.36. The number of amides is 3. The quantitative estimate of drug-likeness (QED) is 0.581. The zero-order valence-corrected chi connectivity index (χ0v) is 21.4. The summed E-state index contributed by atoms with van der Waals surface area (Å²) in [5.74, 6) is -0.110.